The normalized spacial score (nSPS) is 18.3. The molecule has 0 aromatic heterocycles. The average Bonchev–Trinajstić information content (AvgIpc) is 2.53. The van der Waals surface area contributed by atoms with Crippen LogP contribution in [0.25, 0.3) is 0 Å². The van der Waals surface area contributed by atoms with Crippen molar-refractivity contribution in [1.82, 2.24) is 0 Å². The molecule has 0 radical (unpaired) electrons. The van der Waals surface area contributed by atoms with Crippen molar-refractivity contribution >= 4 is 11.9 Å². The number of hydrogen-bond acceptors (Lipinski definition) is 7. The van der Waals surface area contributed by atoms with Crippen LogP contribution in [-0.4, -0.2) is 64.3 Å². The summed E-state index contributed by atoms with van der Waals surface area (Å²) in [6, 6.07) is 5.89. The second kappa shape index (κ2) is 8.32. The van der Waals surface area contributed by atoms with Gasteiger partial charge in [-0.2, -0.15) is 0 Å². The number of aliphatic hydroxyl groups is 2. The lowest BCUT2D eigenvalue weighted by Crippen LogP contribution is -2.39. The highest BCUT2D eigenvalue weighted by atomic mass is 16.5. The van der Waals surface area contributed by atoms with E-state index in [0.717, 1.165) is 23.5 Å². The third kappa shape index (κ3) is 5.09. The Morgan fingerprint density at radius 3 is 2.30 bits per heavy atom. The molecule has 0 amide bonds. The van der Waals surface area contributed by atoms with Crippen LogP contribution in [0.2, 0.25) is 0 Å². The van der Waals surface area contributed by atoms with Crippen molar-refractivity contribution in [2.75, 3.05) is 13.7 Å². The van der Waals surface area contributed by atoms with Crippen LogP contribution in [0.15, 0.2) is 18.2 Å². The number of fused-ring (bicyclic) bond motifs is 1. The van der Waals surface area contributed by atoms with Crippen LogP contribution in [0.3, 0.4) is 0 Å². The molecule has 1 aliphatic rings. The molecule has 9 heteroatoms. The van der Waals surface area contributed by atoms with Crippen molar-refractivity contribution in [3.63, 3.8) is 0 Å². The average molecular weight is 329 g/mol. The van der Waals surface area contributed by atoms with Crippen molar-refractivity contribution in [1.29, 1.82) is 0 Å². The van der Waals surface area contributed by atoms with Crippen LogP contribution >= 0.6 is 0 Å². The zero-order chi connectivity index (χ0) is 17.6. The predicted octanol–water partition coefficient (Wildman–Crippen LogP) is -1.17. The van der Waals surface area contributed by atoms with Crippen molar-refractivity contribution in [3.05, 3.63) is 23.8 Å². The van der Waals surface area contributed by atoms with Crippen molar-refractivity contribution < 1.29 is 39.5 Å². The van der Waals surface area contributed by atoms with Crippen LogP contribution in [-0.2, 0) is 16.0 Å². The van der Waals surface area contributed by atoms with E-state index >= 15 is 0 Å². The van der Waals surface area contributed by atoms with Gasteiger partial charge in [-0.05, 0) is 18.6 Å². The predicted molar refractivity (Wildman–Crippen MR) is 77.5 cm³/mol. The number of methoxy groups -OCH3 is 1. The fraction of sp³-hybridized carbons (Fsp3) is 0.429. The topological polar surface area (TPSA) is 160 Å². The largest absolute Gasteiger partial charge is 0.496 e. The molecule has 0 aliphatic carbocycles. The number of benzene rings is 1. The molecule has 1 heterocycles. The number of aliphatic carboxylic acids is 2. The maximum atomic E-state index is 9.77. The monoisotopic (exact) mass is 329 g/mol. The first kappa shape index (κ1) is 18.7. The van der Waals surface area contributed by atoms with Gasteiger partial charge in [0, 0.05) is 11.6 Å². The summed E-state index contributed by atoms with van der Waals surface area (Å²) in [5, 5.41) is 32.5. The Morgan fingerprint density at radius 2 is 1.83 bits per heavy atom. The molecule has 0 fully saturated rings. The second-order valence-corrected chi connectivity index (χ2v) is 4.78. The molecule has 0 spiro atoms. The minimum Gasteiger partial charge on any atom is -0.496 e. The Morgan fingerprint density at radius 1 is 1.26 bits per heavy atom. The maximum absolute atomic E-state index is 9.77. The smallest absolute Gasteiger partial charge is 0.335 e. The van der Waals surface area contributed by atoms with Crippen molar-refractivity contribution in [2.45, 2.75) is 24.7 Å². The zero-order valence-corrected chi connectivity index (χ0v) is 12.4. The van der Waals surface area contributed by atoms with Crippen molar-refractivity contribution in [3.8, 4) is 11.5 Å². The summed E-state index contributed by atoms with van der Waals surface area (Å²) >= 11 is 0. The number of ether oxygens (including phenoxy) is 2. The van der Waals surface area contributed by atoms with Gasteiger partial charge in [0.15, 0.2) is 12.2 Å². The minimum atomic E-state index is -2.27. The SMILES string of the molecule is COc1cccc2c1C[C@H](N)CO2.O=C(O)[C@@H](O)[C@H](O)C(=O)O. The third-order valence-electron chi connectivity index (χ3n) is 3.03. The molecule has 128 valence electrons. The molecular weight excluding hydrogens is 310 g/mol. The molecule has 23 heavy (non-hydrogen) atoms. The van der Waals surface area contributed by atoms with Gasteiger partial charge in [-0.1, -0.05) is 6.07 Å². The Kier molecular flexibility index (Phi) is 6.76. The maximum Gasteiger partial charge on any atom is 0.335 e. The summed E-state index contributed by atoms with van der Waals surface area (Å²) in [5.41, 5.74) is 6.88. The molecule has 0 bridgehead atoms. The highest BCUT2D eigenvalue weighted by Gasteiger charge is 2.29. The number of rotatable bonds is 4. The lowest BCUT2D eigenvalue weighted by molar-refractivity contribution is -0.165. The quantitative estimate of drug-likeness (QED) is 0.459. The molecule has 6 N–H and O–H groups in total. The van der Waals surface area contributed by atoms with Gasteiger partial charge < -0.3 is 35.6 Å². The summed E-state index contributed by atoms with van der Waals surface area (Å²) in [6.07, 6.45) is -3.70. The van der Waals surface area contributed by atoms with Gasteiger partial charge in [0.25, 0.3) is 0 Å². The Balaban J connectivity index is 0.000000241. The summed E-state index contributed by atoms with van der Waals surface area (Å²) < 4.78 is 10.7. The lowest BCUT2D eigenvalue weighted by atomic mass is 10.0. The van der Waals surface area contributed by atoms with Gasteiger partial charge in [-0.15, -0.1) is 0 Å². The molecule has 1 aromatic carbocycles. The summed E-state index contributed by atoms with van der Waals surface area (Å²) in [7, 11) is 1.66. The number of hydrogen-bond donors (Lipinski definition) is 5. The number of carbonyl (C=O) groups is 2. The zero-order valence-electron chi connectivity index (χ0n) is 12.4. The highest BCUT2D eigenvalue weighted by molar-refractivity contribution is 5.83. The first-order valence-corrected chi connectivity index (χ1v) is 6.64. The fourth-order valence-electron chi connectivity index (χ4n) is 1.86. The number of carboxylic acids is 2. The van der Waals surface area contributed by atoms with Gasteiger partial charge in [0.2, 0.25) is 0 Å². The molecule has 2 rings (SSSR count). The van der Waals surface area contributed by atoms with E-state index in [0.29, 0.717) is 6.61 Å². The van der Waals surface area contributed by atoms with E-state index in [1.165, 1.54) is 0 Å². The number of nitrogens with two attached hydrogens (primary N) is 1. The first-order valence-electron chi connectivity index (χ1n) is 6.64. The molecule has 1 aliphatic heterocycles. The lowest BCUT2D eigenvalue weighted by Gasteiger charge is -2.23. The molecule has 3 atom stereocenters. The van der Waals surface area contributed by atoms with E-state index in [1.54, 1.807) is 7.11 Å². The van der Waals surface area contributed by atoms with E-state index in [-0.39, 0.29) is 6.04 Å². The van der Waals surface area contributed by atoms with Crippen LogP contribution in [0.1, 0.15) is 5.56 Å². The standard InChI is InChI=1S/C10H13NO2.C4H6O6/c1-12-9-3-2-4-10-8(9)5-7(11)6-13-10;5-1(3(7)8)2(6)4(9)10/h2-4,7H,5-6,11H2,1H3;1-2,5-6H,(H,7,8)(H,9,10)/t7-;1-,2-/m00/s1. The van der Waals surface area contributed by atoms with E-state index in [2.05, 4.69) is 0 Å². The van der Waals surface area contributed by atoms with Crippen LogP contribution in [0, 0.1) is 0 Å². The van der Waals surface area contributed by atoms with E-state index in [9.17, 15) is 9.59 Å². The molecule has 0 saturated carbocycles. The Bertz CT molecular complexity index is 529. The minimum absolute atomic E-state index is 0.0869. The fourth-order valence-corrected chi connectivity index (χ4v) is 1.86. The van der Waals surface area contributed by atoms with E-state index in [1.807, 2.05) is 18.2 Å². The number of carboxylic acid groups (broad SMARTS) is 2. The van der Waals surface area contributed by atoms with Crippen LogP contribution in [0.4, 0.5) is 0 Å². The summed E-state index contributed by atoms with van der Waals surface area (Å²) in [6.45, 7) is 0.597. The van der Waals surface area contributed by atoms with Crippen LogP contribution < -0.4 is 15.2 Å². The van der Waals surface area contributed by atoms with Gasteiger partial charge in [0.1, 0.15) is 18.1 Å². The molecular formula is C14H19NO8. The molecule has 0 unspecified atom stereocenters. The second-order valence-electron chi connectivity index (χ2n) is 4.78. The van der Waals surface area contributed by atoms with Gasteiger partial charge in [-0.3, -0.25) is 0 Å². The summed E-state index contributed by atoms with van der Waals surface area (Å²) in [4.78, 5) is 19.5. The van der Waals surface area contributed by atoms with Crippen LogP contribution in [0.5, 0.6) is 11.5 Å². The molecule has 0 saturated heterocycles. The highest BCUT2D eigenvalue weighted by Crippen LogP contribution is 2.31. The van der Waals surface area contributed by atoms with Gasteiger partial charge in [-0.25, -0.2) is 9.59 Å². The Hall–Kier alpha value is -2.36. The van der Waals surface area contributed by atoms with Gasteiger partial charge >= 0.3 is 11.9 Å². The molecule has 1 aromatic rings. The molecule has 9 nitrogen and oxygen atoms in total. The first-order chi connectivity index (χ1) is 10.8. The summed E-state index contributed by atoms with van der Waals surface area (Å²) in [5.74, 6) is -1.77. The van der Waals surface area contributed by atoms with Crippen molar-refractivity contribution in [2.24, 2.45) is 5.73 Å². The van der Waals surface area contributed by atoms with E-state index < -0.39 is 24.1 Å². The van der Waals surface area contributed by atoms with Gasteiger partial charge in [0.05, 0.1) is 7.11 Å². The Labute approximate surface area is 131 Å². The van der Waals surface area contributed by atoms with E-state index in [4.69, 9.17) is 35.6 Å². The third-order valence-corrected chi connectivity index (χ3v) is 3.03. The number of aliphatic hydroxyl groups excluding tert-OH is 2.